The third-order valence-corrected chi connectivity index (χ3v) is 2.08. The van der Waals surface area contributed by atoms with Crippen LogP contribution in [0.15, 0.2) is 10.7 Å². The lowest BCUT2D eigenvalue weighted by atomic mass is 10.2. The van der Waals surface area contributed by atoms with Crippen molar-refractivity contribution in [3.63, 3.8) is 0 Å². The molecule has 0 radical (unpaired) electrons. The number of ether oxygens (including phenoxy) is 2. The molecule has 1 heterocycles. The van der Waals surface area contributed by atoms with Gasteiger partial charge in [0, 0.05) is 6.20 Å². The highest BCUT2D eigenvalue weighted by molar-refractivity contribution is 9.10. The van der Waals surface area contributed by atoms with Crippen LogP contribution in [0.2, 0.25) is 0 Å². The molecule has 0 aromatic carbocycles. The van der Waals surface area contributed by atoms with Gasteiger partial charge in [0.05, 0.1) is 11.6 Å². The van der Waals surface area contributed by atoms with Crippen LogP contribution in [0.4, 0.5) is 13.2 Å². The van der Waals surface area contributed by atoms with Gasteiger partial charge in [-0.3, -0.25) is 0 Å². The fourth-order valence-electron chi connectivity index (χ4n) is 0.914. The number of halogens is 4. The van der Waals surface area contributed by atoms with Crippen LogP contribution in [0.5, 0.6) is 11.6 Å². The average molecular weight is 297 g/mol. The second-order valence-corrected chi connectivity index (χ2v) is 3.33. The zero-order valence-electron chi connectivity index (χ0n) is 7.80. The van der Waals surface area contributed by atoms with Crippen LogP contribution in [0, 0.1) is 11.3 Å². The summed E-state index contributed by atoms with van der Waals surface area (Å²) in [6.07, 6.45) is -3.76. The molecular weight excluding hydrogens is 293 g/mol. The van der Waals surface area contributed by atoms with Gasteiger partial charge in [-0.25, -0.2) is 4.98 Å². The molecule has 0 fully saturated rings. The lowest BCUT2D eigenvalue weighted by Gasteiger charge is -2.13. The number of nitrogens with zero attached hydrogens (tertiary/aromatic N) is 2. The predicted octanol–water partition coefficient (Wildman–Crippen LogP) is 2.62. The van der Waals surface area contributed by atoms with E-state index in [2.05, 4.69) is 30.4 Å². The van der Waals surface area contributed by atoms with Crippen molar-refractivity contribution in [2.45, 2.75) is 6.36 Å². The molecule has 0 bridgehead atoms. The Morgan fingerprint density at radius 2 is 2.12 bits per heavy atom. The van der Waals surface area contributed by atoms with Crippen molar-refractivity contribution < 1.29 is 22.6 Å². The molecule has 1 aromatic rings. The summed E-state index contributed by atoms with van der Waals surface area (Å²) in [7, 11) is 1.13. The van der Waals surface area contributed by atoms with E-state index in [1.165, 1.54) is 0 Å². The highest BCUT2D eigenvalue weighted by Crippen LogP contribution is 2.36. The molecule has 0 aliphatic carbocycles. The molecule has 0 saturated carbocycles. The Balaban J connectivity index is 3.33. The third kappa shape index (κ3) is 2.76. The maximum absolute atomic E-state index is 12.1. The van der Waals surface area contributed by atoms with Crippen LogP contribution in [0.25, 0.3) is 0 Å². The molecule has 0 unspecified atom stereocenters. The topological polar surface area (TPSA) is 55.1 Å². The SMILES string of the molecule is COc1ncc(Br)c(C#N)c1OC(F)(F)F. The molecule has 8 heteroatoms. The molecule has 4 nitrogen and oxygen atoms in total. The van der Waals surface area contributed by atoms with Gasteiger partial charge >= 0.3 is 6.36 Å². The minimum absolute atomic E-state index is 0.0926. The fourth-order valence-corrected chi connectivity index (χ4v) is 1.28. The van der Waals surface area contributed by atoms with Gasteiger partial charge in [-0.2, -0.15) is 5.26 Å². The van der Waals surface area contributed by atoms with Crippen LogP contribution in [-0.2, 0) is 0 Å². The number of rotatable bonds is 2. The van der Waals surface area contributed by atoms with E-state index in [0.717, 1.165) is 13.3 Å². The van der Waals surface area contributed by atoms with Crippen LogP contribution in [-0.4, -0.2) is 18.5 Å². The molecule has 1 aromatic heterocycles. The fraction of sp³-hybridized carbons (Fsp3) is 0.250. The first-order valence-electron chi connectivity index (χ1n) is 3.77. The molecule has 0 N–H and O–H groups in total. The van der Waals surface area contributed by atoms with E-state index in [4.69, 9.17) is 5.26 Å². The van der Waals surface area contributed by atoms with Gasteiger partial charge < -0.3 is 9.47 Å². The number of hydrogen-bond donors (Lipinski definition) is 0. The Hall–Kier alpha value is -1.49. The van der Waals surface area contributed by atoms with E-state index >= 15 is 0 Å². The summed E-state index contributed by atoms with van der Waals surface area (Å²) in [6.45, 7) is 0. The lowest BCUT2D eigenvalue weighted by Crippen LogP contribution is -2.18. The Morgan fingerprint density at radius 1 is 1.50 bits per heavy atom. The average Bonchev–Trinajstić information content (AvgIpc) is 2.16. The van der Waals surface area contributed by atoms with Gasteiger partial charge in [0.2, 0.25) is 5.75 Å². The first-order valence-corrected chi connectivity index (χ1v) is 4.56. The van der Waals surface area contributed by atoms with Crippen molar-refractivity contribution in [2.24, 2.45) is 0 Å². The van der Waals surface area contributed by atoms with E-state index in [0.29, 0.717) is 0 Å². The van der Waals surface area contributed by atoms with Crippen LogP contribution >= 0.6 is 15.9 Å². The van der Waals surface area contributed by atoms with E-state index in [1.54, 1.807) is 6.07 Å². The summed E-state index contributed by atoms with van der Waals surface area (Å²) >= 11 is 2.89. The summed E-state index contributed by atoms with van der Waals surface area (Å²) in [4.78, 5) is 3.54. The Labute approximate surface area is 96.7 Å². The van der Waals surface area contributed by atoms with Gasteiger partial charge in [0.25, 0.3) is 5.88 Å². The monoisotopic (exact) mass is 296 g/mol. The normalized spacial score (nSPS) is 10.8. The number of nitriles is 1. The van der Waals surface area contributed by atoms with E-state index in [1.807, 2.05) is 0 Å². The summed E-state index contributed by atoms with van der Waals surface area (Å²) in [6, 6.07) is 1.57. The molecule has 86 valence electrons. The highest BCUT2D eigenvalue weighted by Gasteiger charge is 2.34. The Morgan fingerprint density at radius 3 is 2.56 bits per heavy atom. The molecule has 16 heavy (non-hydrogen) atoms. The van der Waals surface area contributed by atoms with Gasteiger partial charge in [-0.05, 0) is 15.9 Å². The number of aromatic nitrogens is 1. The molecule has 0 saturated heterocycles. The molecule has 1 rings (SSSR count). The summed E-state index contributed by atoms with van der Waals surface area (Å²) < 4.78 is 44.6. The maximum atomic E-state index is 12.1. The van der Waals surface area contributed by atoms with Crippen molar-refractivity contribution >= 4 is 15.9 Å². The van der Waals surface area contributed by atoms with Gasteiger partial charge in [-0.15, -0.1) is 13.2 Å². The van der Waals surface area contributed by atoms with E-state index in [9.17, 15) is 13.2 Å². The van der Waals surface area contributed by atoms with Crippen molar-refractivity contribution in [1.82, 2.24) is 4.98 Å². The highest BCUT2D eigenvalue weighted by atomic mass is 79.9. The number of pyridine rings is 1. The third-order valence-electron chi connectivity index (χ3n) is 1.48. The molecule has 0 spiro atoms. The van der Waals surface area contributed by atoms with E-state index < -0.39 is 18.0 Å². The molecule has 0 atom stereocenters. The lowest BCUT2D eigenvalue weighted by molar-refractivity contribution is -0.275. The number of hydrogen-bond acceptors (Lipinski definition) is 4. The predicted molar refractivity (Wildman–Crippen MR) is 49.9 cm³/mol. The van der Waals surface area contributed by atoms with Gasteiger partial charge in [0.15, 0.2) is 0 Å². The number of alkyl halides is 3. The summed E-state index contributed by atoms with van der Waals surface area (Å²) in [5.41, 5.74) is -0.329. The maximum Gasteiger partial charge on any atom is 0.573 e. The zero-order valence-corrected chi connectivity index (χ0v) is 9.39. The first kappa shape index (κ1) is 12.6. The van der Waals surface area contributed by atoms with Gasteiger partial charge in [-0.1, -0.05) is 0 Å². The van der Waals surface area contributed by atoms with Crippen LogP contribution in [0.3, 0.4) is 0 Å². The molecular formula is C8H4BrF3N2O2. The standard InChI is InChI=1S/C8H4BrF3N2O2/c1-15-7-6(16-8(10,11)12)4(2-13)5(9)3-14-7/h3H,1H3. The summed E-state index contributed by atoms with van der Waals surface area (Å²) in [5.74, 6) is -1.16. The minimum atomic E-state index is -4.92. The Bertz CT molecular complexity index is 442. The van der Waals surface area contributed by atoms with E-state index in [-0.39, 0.29) is 10.0 Å². The van der Waals surface area contributed by atoms with Crippen molar-refractivity contribution in [3.05, 3.63) is 16.2 Å². The van der Waals surface area contributed by atoms with Crippen molar-refractivity contribution in [2.75, 3.05) is 7.11 Å². The van der Waals surface area contributed by atoms with Gasteiger partial charge in [0.1, 0.15) is 11.6 Å². The molecule has 0 amide bonds. The smallest absolute Gasteiger partial charge is 0.478 e. The van der Waals surface area contributed by atoms with Crippen LogP contribution in [0.1, 0.15) is 5.56 Å². The second-order valence-electron chi connectivity index (χ2n) is 2.48. The number of methoxy groups -OCH3 is 1. The zero-order chi connectivity index (χ0) is 12.3. The minimum Gasteiger partial charge on any atom is -0.478 e. The summed E-state index contributed by atoms with van der Waals surface area (Å²) in [5, 5.41) is 8.71. The quantitative estimate of drug-likeness (QED) is 0.842. The second kappa shape index (κ2) is 4.57. The first-order chi connectivity index (χ1) is 7.39. The largest absolute Gasteiger partial charge is 0.573 e. The molecule has 0 aliphatic heterocycles. The van der Waals surface area contributed by atoms with Crippen molar-refractivity contribution in [3.8, 4) is 17.7 Å². The Kier molecular flexibility index (Phi) is 3.59. The van der Waals surface area contributed by atoms with Crippen molar-refractivity contribution in [1.29, 1.82) is 5.26 Å². The van der Waals surface area contributed by atoms with Crippen LogP contribution < -0.4 is 9.47 Å². The molecule has 0 aliphatic rings.